The number of amides is 1. The summed E-state index contributed by atoms with van der Waals surface area (Å²) in [7, 11) is 0. The monoisotopic (exact) mass is 363 g/mol. The number of hydrogen-bond donors (Lipinski definition) is 1. The van der Waals surface area contributed by atoms with E-state index in [0.717, 1.165) is 56.2 Å². The van der Waals surface area contributed by atoms with Crippen LogP contribution in [0.1, 0.15) is 18.4 Å². The molecule has 0 unspecified atom stereocenters. The molecule has 2 aliphatic rings. The Bertz CT molecular complexity index is 590. The van der Waals surface area contributed by atoms with Gasteiger partial charge in [0.2, 0.25) is 0 Å². The number of nitrogens with one attached hydrogen (secondary N) is 1. The zero-order chi connectivity index (χ0) is 17.5. The SMILES string of the molecule is O=C(OCc1ccccc1)N1CCN(CC(Cl)=C2CCNCC2)CC1. The van der Waals surface area contributed by atoms with Crippen molar-refractivity contribution in [2.45, 2.75) is 19.4 Å². The van der Waals surface area contributed by atoms with E-state index in [4.69, 9.17) is 16.3 Å². The molecule has 0 bridgehead atoms. The van der Waals surface area contributed by atoms with Gasteiger partial charge >= 0.3 is 6.09 Å². The summed E-state index contributed by atoms with van der Waals surface area (Å²) < 4.78 is 5.41. The van der Waals surface area contributed by atoms with Crippen LogP contribution in [-0.4, -0.2) is 61.7 Å². The van der Waals surface area contributed by atoms with Crippen molar-refractivity contribution < 1.29 is 9.53 Å². The largest absolute Gasteiger partial charge is 0.445 e. The Morgan fingerprint density at radius 3 is 2.44 bits per heavy atom. The van der Waals surface area contributed by atoms with Gasteiger partial charge in [-0.2, -0.15) is 0 Å². The van der Waals surface area contributed by atoms with Gasteiger partial charge in [-0.1, -0.05) is 47.5 Å². The number of hydrogen-bond acceptors (Lipinski definition) is 4. The van der Waals surface area contributed by atoms with Crippen LogP contribution in [0.4, 0.5) is 4.79 Å². The van der Waals surface area contributed by atoms with Crippen molar-refractivity contribution in [2.75, 3.05) is 45.8 Å². The number of ether oxygens (including phenoxy) is 1. The van der Waals surface area contributed by atoms with Gasteiger partial charge < -0.3 is 15.0 Å². The third kappa shape index (κ3) is 5.46. The van der Waals surface area contributed by atoms with Gasteiger partial charge in [-0.05, 0) is 31.5 Å². The molecule has 25 heavy (non-hydrogen) atoms. The number of nitrogens with zero attached hydrogens (tertiary/aromatic N) is 2. The molecular formula is C19H26ClN3O2. The fourth-order valence-electron chi connectivity index (χ4n) is 3.21. The second-order valence-corrected chi connectivity index (χ2v) is 7.02. The minimum atomic E-state index is -0.230. The van der Waals surface area contributed by atoms with Crippen molar-refractivity contribution >= 4 is 17.7 Å². The Morgan fingerprint density at radius 1 is 1.08 bits per heavy atom. The summed E-state index contributed by atoms with van der Waals surface area (Å²) in [6.07, 6.45) is 1.86. The highest BCUT2D eigenvalue weighted by Crippen LogP contribution is 2.20. The maximum atomic E-state index is 12.2. The van der Waals surface area contributed by atoms with Crippen LogP contribution in [0.25, 0.3) is 0 Å². The van der Waals surface area contributed by atoms with Gasteiger partial charge in [-0.3, -0.25) is 4.90 Å². The topological polar surface area (TPSA) is 44.8 Å². The van der Waals surface area contributed by atoms with Crippen molar-refractivity contribution in [3.05, 3.63) is 46.5 Å². The Balaban J connectivity index is 1.41. The Kier molecular flexibility index (Phi) is 6.73. The molecule has 0 aromatic heterocycles. The van der Waals surface area contributed by atoms with Gasteiger partial charge in [0.15, 0.2) is 0 Å². The average molecular weight is 364 g/mol. The molecule has 0 atom stereocenters. The van der Waals surface area contributed by atoms with Crippen LogP contribution in [0.15, 0.2) is 40.9 Å². The quantitative estimate of drug-likeness (QED) is 0.893. The summed E-state index contributed by atoms with van der Waals surface area (Å²) in [4.78, 5) is 16.3. The molecular weight excluding hydrogens is 338 g/mol. The maximum absolute atomic E-state index is 12.2. The molecule has 5 nitrogen and oxygen atoms in total. The van der Waals surface area contributed by atoms with E-state index in [9.17, 15) is 4.79 Å². The molecule has 1 N–H and O–H groups in total. The van der Waals surface area contributed by atoms with E-state index in [2.05, 4.69) is 10.2 Å². The molecule has 6 heteroatoms. The molecule has 2 aliphatic heterocycles. The Hall–Kier alpha value is -1.56. The van der Waals surface area contributed by atoms with E-state index in [-0.39, 0.29) is 6.09 Å². The summed E-state index contributed by atoms with van der Waals surface area (Å²) in [6.45, 7) is 6.21. The first kappa shape index (κ1) is 18.2. The third-order valence-corrected chi connectivity index (χ3v) is 5.18. The van der Waals surface area contributed by atoms with Gasteiger partial charge in [-0.15, -0.1) is 0 Å². The molecule has 136 valence electrons. The van der Waals surface area contributed by atoms with E-state index >= 15 is 0 Å². The number of piperidine rings is 1. The predicted octanol–water partition coefficient (Wildman–Crippen LogP) is 2.82. The first-order valence-electron chi connectivity index (χ1n) is 8.97. The van der Waals surface area contributed by atoms with Crippen LogP contribution in [0.5, 0.6) is 0 Å². The first-order valence-corrected chi connectivity index (χ1v) is 9.35. The summed E-state index contributed by atoms with van der Waals surface area (Å²) in [5.41, 5.74) is 2.39. The van der Waals surface area contributed by atoms with Crippen molar-refractivity contribution in [2.24, 2.45) is 0 Å². The van der Waals surface area contributed by atoms with Crippen LogP contribution >= 0.6 is 11.6 Å². The third-order valence-electron chi connectivity index (χ3n) is 4.79. The molecule has 2 saturated heterocycles. The second kappa shape index (κ2) is 9.22. The highest BCUT2D eigenvalue weighted by molar-refractivity contribution is 6.30. The van der Waals surface area contributed by atoms with Crippen molar-refractivity contribution in [1.29, 1.82) is 0 Å². The van der Waals surface area contributed by atoms with E-state index in [1.807, 2.05) is 30.3 Å². The summed E-state index contributed by atoms with van der Waals surface area (Å²) in [5, 5.41) is 4.34. The molecule has 1 aromatic rings. The average Bonchev–Trinajstić information content (AvgIpc) is 2.68. The molecule has 0 radical (unpaired) electrons. The lowest BCUT2D eigenvalue weighted by Gasteiger charge is -2.34. The molecule has 2 heterocycles. The zero-order valence-electron chi connectivity index (χ0n) is 14.5. The molecule has 1 aromatic carbocycles. The van der Waals surface area contributed by atoms with Crippen molar-refractivity contribution in [3.8, 4) is 0 Å². The predicted molar refractivity (Wildman–Crippen MR) is 99.6 cm³/mol. The van der Waals surface area contributed by atoms with Gasteiger partial charge in [0.1, 0.15) is 6.61 Å². The van der Waals surface area contributed by atoms with Crippen molar-refractivity contribution in [1.82, 2.24) is 15.1 Å². The summed E-state index contributed by atoms with van der Waals surface area (Å²) >= 11 is 6.51. The first-order chi connectivity index (χ1) is 12.2. The minimum Gasteiger partial charge on any atom is -0.445 e. The normalized spacial score (nSPS) is 18.9. The van der Waals surface area contributed by atoms with E-state index in [1.165, 1.54) is 5.57 Å². The minimum absolute atomic E-state index is 0.230. The number of carbonyl (C=O) groups is 1. The molecule has 2 fully saturated rings. The standard InChI is InChI=1S/C19H26ClN3O2/c20-18(17-6-8-21-9-7-17)14-22-10-12-23(13-11-22)19(24)25-15-16-4-2-1-3-5-16/h1-5,21H,6-15H2. The van der Waals surface area contributed by atoms with Crippen LogP contribution in [0, 0.1) is 0 Å². The Labute approximate surface area is 154 Å². The molecule has 3 rings (SSSR count). The number of piperazine rings is 1. The van der Waals surface area contributed by atoms with E-state index < -0.39 is 0 Å². The fraction of sp³-hybridized carbons (Fsp3) is 0.526. The van der Waals surface area contributed by atoms with Crippen LogP contribution in [-0.2, 0) is 11.3 Å². The highest BCUT2D eigenvalue weighted by Gasteiger charge is 2.23. The lowest BCUT2D eigenvalue weighted by molar-refractivity contribution is 0.0739. The van der Waals surface area contributed by atoms with Crippen LogP contribution < -0.4 is 5.32 Å². The van der Waals surface area contributed by atoms with Gasteiger partial charge in [0.05, 0.1) is 0 Å². The van der Waals surface area contributed by atoms with Crippen LogP contribution in [0.2, 0.25) is 0 Å². The van der Waals surface area contributed by atoms with E-state index in [0.29, 0.717) is 19.7 Å². The summed E-state index contributed by atoms with van der Waals surface area (Å²) in [5.74, 6) is 0. The molecule has 0 aliphatic carbocycles. The molecule has 0 spiro atoms. The van der Waals surface area contributed by atoms with Crippen molar-refractivity contribution in [3.63, 3.8) is 0 Å². The number of benzene rings is 1. The fourth-order valence-corrected chi connectivity index (χ4v) is 3.57. The lowest BCUT2D eigenvalue weighted by Crippen LogP contribution is -2.49. The van der Waals surface area contributed by atoms with Gasteiger partial charge in [0.25, 0.3) is 0 Å². The molecule has 0 saturated carbocycles. The second-order valence-electron chi connectivity index (χ2n) is 6.56. The van der Waals surface area contributed by atoms with Crippen LogP contribution in [0.3, 0.4) is 0 Å². The number of rotatable bonds is 4. The van der Waals surface area contributed by atoms with Gasteiger partial charge in [0, 0.05) is 37.8 Å². The van der Waals surface area contributed by atoms with E-state index in [1.54, 1.807) is 4.90 Å². The lowest BCUT2D eigenvalue weighted by atomic mass is 10.1. The Morgan fingerprint density at radius 2 is 1.76 bits per heavy atom. The number of carbonyl (C=O) groups excluding carboxylic acids is 1. The smallest absolute Gasteiger partial charge is 0.410 e. The number of halogens is 1. The summed E-state index contributed by atoms with van der Waals surface area (Å²) in [6, 6.07) is 9.77. The molecule has 1 amide bonds. The maximum Gasteiger partial charge on any atom is 0.410 e. The highest BCUT2D eigenvalue weighted by atomic mass is 35.5. The van der Waals surface area contributed by atoms with Gasteiger partial charge in [-0.25, -0.2) is 4.79 Å². The zero-order valence-corrected chi connectivity index (χ0v) is 15.3.